The van der Waals surface area contributed by atoms with Crippen LogP contribution in [0.4, 0.5) is 5.82 Å². The molecular formula is C8H11N2O3S-. The normalized spacial score (nSPS) is 12.5. The van der Waals surface area contributed by atoms with E-state index in [1.54, 1.807) is 12.1 Å². The van der Waals surface area contributed by atoms with Crippen LogP contribution in [0.2, 0.25) is 0 Å². The van der Waals surface area contributed by atoms with E-state index < -0.39 is 11.4 Å². The minimum Gasteiger partial charge on any atom is -0.748 e. The van der Waals surface area contributed by atoms with Crippen molar-refractivity contribution in [2.75, 3.05) is 12.1 Å². The van der Waals surface area contributed by atoms with Crippen molar-refractivity contribution in [3.05, 3.63) is 23.9 Å². The van der Waals surface area contributed by atoms with Crippen LogP contribution in [0.25, 0.3) is 0 Å². The average molecular weight is 215 g/mol. The summed E-state index contributed by atoms with van der Waals surface area (Å²) >= 11 is -2.57. The van der Waals surface area contributed by atoms with Crippen LogP contribution in [0.1, 0.15) is 12.6 Å². The Morgan fingerprint density at radius 3 is 2.93 bits per heavy atom. The SMILES string of the molecule is CCc1cccc(N(C)OS(=O)[O-])n1. The fourth-order valence-corrected chi connectivity index (χ4v) is 1.23. The second kappa shape index (κ2) is 5.04. The van der Waals surface area contributed by atoms with Crippen molar-refractivity contribution >= 4 is 17.2 Å². The van der Waals surface area contributed by atoms with E-state index in [2.05, 4.69) is 9.27 Å². The van der Waals surface area contributed by atoms with Gasteiger partial charge in [-0.2, -0.15) is 4.28 Å². The molecule has 0 N–H and O–H groups in total. The van der Waals surface area contributed by atoms with Crippen LogP contribution >= 0.6 is 0 Å². The number of hydrogen-bond donors (Lipinski definition) is 0. The van der Waals surface area contributed by atoms with Gasteiger partial charge in [0.15, 0.2) is 5.82 Å². The number of hydrogen-bond acceptors (Lipinski definition) is 5. The van der Waals surface area contributed by atoms with Crippen molar-refractivity contribution in [3.63, 3.8) is 0 Å². The van der Waals surface area contributed by atoms with Gasteiger partial charge in [-0.25, -0.2) is 14.3 Å². The number of pyridine rings is 1. The van der Waals surface area contributed by atoms with Crippen molar-refractivity contribution in [3.8, 4) is 0 Å². The molecule has 0 saturated carbocycles. The zero-order chi connectivity index (χ0) is 10.6. The number of anilines is 1. The molecule has 1 unspecified atom stereocenters. The summed E-state index contributed by atoms with van der Waals surface area (Å²) in [5, 5.41) is 1.10. The van der Waals surface area contributed by atoms with Gasteiger partial charge < -0.3 is 4.55 Å². The van der Waals surface area contributed by atoms with Crippen LogP contribution < -0.4 is 5.06 Å². The lowest BCUT2D eigenvalue weighted by Crippen LogP contribution is -2.20. The summed E-state index contributed by atoms with van der Waals surface area (Å²) in [6.07, 6.45) is 0.794. The van der Waals surface area contributed by atoms with E-state index in [0.29, 0.717) is 5.82 Å². The Morgan fingerprint density at radius 1 is 1.64 bits per heavy atom. The zero-order valence-corrected chi connectivity index (χ0v) is 8.78. The average Bonchev–Trinajstić information content (AvgIpc) is 2.17. The summed E-state index contributed by atoms with van der Waals surface area (Å²) in [6.45, 7) is 1.97. The van der Waals surface area contributed by atoms with Crippen molar-refractivity contribution in [1.82, 2.24) is 4.98 Å². The van der Waals surface area contributed by atoms with E-state index in [0.717, 1.165) is 17.2 Å². The Morgan fingerprint density at radius 2 is 2.36 bits per heavy atom. The van der Waals surface area contributed by atoms with Gasteiger partial charge in [-0.15, -0.1) is 0 Å². The Bertz CT molecular complexity index is 332. The Hall–Kier alpha value is -0.980. The van der Waals surface area contributed by atoms with Gasteiger partial charge in [0.25, 0.3) is 0 Å². The first-order valence-corrected chi connectivity index (χ1v) is 5.11. The van der Waals surface area contributed by atoms with Crippen LogP contribution in [-0.2, 0) is 22.1 Å². The molecule has 1 heterocycles. The van der Waals surface area contributed by atoms with Gasteiger partial charge in [0.05, 0.1) is 0 Å². The maximum Gasteiger partial charge on any atom is 0.153 e. The summed E-state index contributed by atoms with van der Waals surface area (Å²) in [6, 6.07) is 5.34. The molecule has 1 atom stereocenters. The predicted molar refractivity (Wildman–Crippen MR) is 52.0 cm³/mol. The molecule has 0 aromatic carbocycles. The fourth-order valence-electron chi connectivity index (χ4n) is 0.969. The highest BCUT2D eigenvalue weighted by Gasteiger charge is 2.03. The van der Waals surface area contributed by atoms with Gasteiger partial charge in [-0.3, -0.25) is 0 Å². The lowest BCUT2D eigenvalue weighted by atomic mass is 10.3. The molecule has 5 nitrogen and oxygen atoms in total. The van der Waals surface area contributed by atoms with Crippen LogP contribution in [0.3, 0.4) is 0 Å². The molecule has 0 amide bonds. The standard InChI is InChI=1S/C8H12N2O3S/c1-3-7-5-4-6-8(9-7)10(2)13-14(11)12/h4-6H,3H2,1-2H3,(H,11,12)/p-1. The molecule has 1 aromatic heterocycles. The predicted octanol–water partition coefficient (Wildman–Crippen LogP) is 0.806. The van der Waals surface area contributed by atoms with Crippen molar-refractivity contribution in [1.29, 1.82) is 0 Å². The first kappa shape index (κ1) is 11.1. The van der Waals surface area contributed by atoms with Crippen LogP contribution in [0.15, 0.2) is 18.2 Å². The van der Waals surface area contributed by atoms with Crippen LogP contribution in [0.5, 0.6) is 0 Å². The molecule has 78 valence electrons. The Labute approximate surface area is 85.2 Å². The third kappa shape index (κ3) is 3.06. The number of aromatic nitrogens is 1. The molecule has 0 aliphatic heterocycles. The molecule has 0 aliphatic rings. The van der Waals surface area contributed by atoms with Crippen molar-refractivity contribution in [2.45, 2.75) is 13.3 Å². The topological polar surface area (TPSA) is 65.5 Å². The minimum absolute atomic E-state index is 0.466. The summed E-state index contributed by atoms with van der Waals surface area (Å²) in [4.78, 5) is 4.17. The van der Waals surface area contributed by atoms with E-state index in [-0.39, 0.29) is 0 Å². The molecule has 6 heteroatoms. The van der Waals surface area contributed by atoms with Gasteiger partial charge in [0.2, 0.25) is 0 Å². The molecule has 0 radical (unpaired) electrons. The molecule has 0 saturated heterocycles. The van der Waals surface area contributed by atoms with E-state index in [9.17, 15) is 8.76 Å². The first-order valence-electron chi connectivity index (χ1n) is 4.11. The maximum absolute atomic E-state index is 10.2. The second-order valence-electron chi connectivity index (χ2n) is 2.62. The van der Waals surface area contributed by atoms with E-state index in [4.69, 9.17) is 0 Å². The van der Waals surface area contributed by atoms with Gasteiger partial charge in [0, 0.05) is 12.7 Å². The van der Waals surface area contributed by atoms with Crippen LogP contribution in [0, 0.1) is 0 Å². The van der Waals surface area contributed by atoms with Gasteiger partial charge >= 0.3 is 0 Å². The minimum atomic E-state index is -2.57. The summed E-state index contributed by atoms with van der Waals surface area (Å²) in [7, 11) is 1.48. The van der Waals surface area contributed by atoms with Crippen LogP contribution in [-0.4, -0.2) is 20.8 Å². The van der Waals surface area contributed by atoms with E-state index in [1.165, 1.54) is 7.05 Å². The lowest BCUT2D eigenvalue weighted by molar-refractivity contribution is 0.286. The molecule has 0 fully saturated rings. The largest absolute Gasteiger partial charge is 0.748 e. The number of rotatable bonds is 4. The number of nitrogens with zero attached hydrogens (tertiary/aromatic N) is 2. The van der Waals surface area contributed by atoms with Crippen molar-refractivity contribution < 1.29 is 13.0 Å². The van der Waals surface area contributed by atoms with E-state index in [1.807, 2.05) is 13.0 Å². The van der Waals surface area contributed by atoms with Gasteiger partial charge in [-0.05, 0) is 18.6 Å². The third-order valence-electron chi connectivity index (χ3n) is 1.65. The van der Waals surface area contributed by atoms with Gasteiger partial charge in [-0.1, -0.05) is 13.0 Å². The number of hydroxylamine groups is 1. The molecule has 1 rings (SSSR count). The maximum atomic E-state index is 10.2. The Balaban J connectivity index is 2.78. The number of aryl methyl sites for hydroxylation is 1. The molecule has 1 aromatic rings. The summed E-state index contributed by atoms with van der Waals surface area (Å²) in [5.41, 5.74) is 0.884. The molecular weight excluding hydrogens is 204 g/mol. The summed E-state index contributed by atoms with van der Waals surface area (Å²) in [5.74, 6) is 0.466. The zero-order valence-electron chi connectivity index (χ0n) is 7.97. The highest BCUT2D eigenvalue weighted by Crippen LogP contribution is 2.10. The summed E-state index contributed by atoms with van der Waals surface area (Å²) < 4.78 is 24.9. The van der Waals surface area contributed by atoms with E-state index >= 15 is 0 Å². The smallest absolute Gasteiger partial charge is 0.153 e. The molecule has 0 aliphatic carbocycles. The molecule has 14 heavy (non-hydrogen) atoms. The van der Waals surface area contributed by atoms with Crippen molar-refractivity contribution in [2.24, 2.45) is 0 Å². The lowest BCUT2D eigenvalue weighted by Gasteiger charge is -2.18. The Kier molecular flexibility index (Phi) is 3.99. The highest BCUT2D eigenvalue weighted by atomic mass is 32.2. The van der Waals surface area contributed by atoms with Gasteiger partial charge in [0.1, 0.15) is 11.4 Å². The molecule has 0 bridgehead atoms. The monoisotopic (exact) mass is 215 g/mol. The second-order valence-corrected chi connectivity index (χ2v) is 3.17. The third-order valence-corrected chi connectivity index (χ3v) is 1.99. The fraction of sp³-hybridized carbons (Fsp3) is 0.375. The first-order chi connectivity index (χ1) is 6.63. The highest BCUT2D eigenvalue weighted by molar-refractivity contribution is 7.74. The molecule has 0 spiro atoms. The quantitative estimate of drug-likeness (QED) is 0.549.